The van der Waals surface area contributed by atoms with Gasteiger partial charge in [0, 0.05) is 48.6 Å². The maximum absolute atomic E-state index is 14.7. The topological polar surface area (TPSA) is 156 Å². The number of nitrogens with one attached hydrogen (secondary N) is 1. The molecule has 12 atom stereocenters. The number of cyclic esters (lactones) is 1. The summed E-state index contributed by atoms with van der Waals surface area (Å²) in [7, 11) is 5.36. The van der Waals surface area contributed by atoms with E-state index in [4.69, 9.17) is 23.7 Å². The van der Waals surface area contributed by atoms with E-state index in [1.54, 1.807) is 40.0 Å². The van der Waals surface area contributed by atoms with Crippen LogP contribution in [0.1, 0.15) is 80.2 Å². The van der Waals surface area contributed by atoms with Crippen molar-refractivity contribution in [3.63, 3.8) is 0 Å². The lowest BCUT2D eigenvalue weighted by Crippen LogP contribution is -2.60. The van der Waals surface area contributed by atoms with Gasteiger partial charge in [0.15, 0.2) is 11.9 Å². The Balaban J connectivity index is 1.54. The minimum atomic E-state index is -1.44. The third-order valence-electron chi connectivity index (χ3n) is 12.1. The van der Waals surface area contributed by atoms with Crippen LogP contribution < -0.4 is 5.43 Å². The van der Waals surface area contributed by atoms with Crippen molar-refractivity contribution in [3.8, 4) is 5.75 Å². The van der Waals surface area contributed by atoms with Gasteiger partial charge in [-0.2, -0.15) is 0 Å². The number of carbonyl (C=O) groups is 3. The molecule has 3 N–H and O–H groups in total. The average Bonchev–Trinajstić information content (AvgIpc) is 3.40. The van der Waals surface area contributed by atoms with E-state index in [1.165, 1.54) is 5.01 Å². The molecule has 2 saturated heterocycles. The van der Waals surface area contributed by atoms with E-state index < -0.39 is 71.7 Å². The van der Waals surface area contributed by atoms with Crippen LogP contribution >= 0.6 is 0 Å². The number of ether oxygens (including phenoxy) is 5. The molecular weight excluding hydrogens is 706 g/mol. The zero-order valence-corrected chi connectivity index (χ0v) is 34.2. The second kappa shape index (κ2) is 16.9. The number of esters is 1. The van der Waals surface area contributed by atoms with E-state index in [0.29, 0.717) is 24.0 Å². The molecule has 0 radical (unpaired) electrons. The third-order valence-corrected chi connectivity index (χ3v) is 12.1. The number of phenols is 1. The molecule has 0 unspecified atom stereocenters. The molecule has 3 heterocycles. The number of likely N-dealkylation sites (N-methyl/N-ethyl adjacent to an activating group) is 1. The summed E-state index contributed by atoms with van der Waals surface area (Å²) in [6.07, 6.45) is -1.74. The maximum Gasteiger partial charge on any atom is 0.425 e. The van der Waals surface area contributed by atoms with Crippen molar-refractivity contribution in [1.82, 2.24) is 15.3 Å². The van der Waals surface area contributed by atoms with Gasteiger partial charge in [-0.1, -0.05) is 64.1 Å². The minimum Gasteiger partial charge on any atom is -0.508 e. The Hall–Kier alpha value is -3.59. The van der Waals surface area contributed by atoms with E-state index in [0.717, 1.165) is 10.8 Å². The number of aliphatic hydroxyl groups excluding tert-OH is 1. The van der Waals surface area contributed by atoms with Gasteiger partial charge in [-0.25, -0.2) is 20.0 Å². The molecule has 0 aromatic heterocycles. The molecule has 13 heteroatoms. The highest BCUT2D eigenvalue weighted by Gasteiger charge is 2.60. The van der Waals surface area contributed by atoms with E-state index in [2.05, 4.69) is 5.43 Å². The number of benzene rings is 2. The molecule has 304 valence electrons. The first-order chi connectivity index (χ1) is 25.9. The van der Waals surface area contributed by atoms with E-state index in [1.807, 2.05) is 83.9 Å². The predicted octanol–water partition coefficient (Wildman–Crippen LogP) is 5.50. The Morgan fingerprint density at radius 3 is 2.40 bits per heavy atom. The van der Waals surface area contributed by atoms with Gasteiger partial charge in [0.1, 0.15) is 29.8 Å². The Morgan fingerprint density at radius 2 is 1.75 bits per heavy atom. The van der Waals surface area contributed by atoms with Crippen LogP contribution in [0.15, 0.2) is 48.0 Å². The van der Waals surface area contributed by atoms with Gasteiger partial charge >= 0.3 is 12.1 Å². The normalized spacial score (nSPS) is 37.6. The first-order valence-corrected chi connectivity index (χ1v) is 19.5. The SMILES string of the molecule is CC[C@H]1OC(=O)/C(C)=C/[C@H](C)[C@@H](O[C@@H]2O[C@H](C)C[C@H](N(C)C)[C@H]2O)[C@@](C)(OC)C[C@@H](C)C(=O)[C@H](C)[C@H]2N(NCc3c(O)ccc4ccccc34)C(=O)O[C@]12C. The maximum atomic E-state index is 14.7. The van der Waals surface area contributed by atoms with Crippen molar-refractivity contribution in [2.75, 3.05) is 21.2 Å². The average molecular weight is 768 g/mol. The molecule has 55 heavy (non-hydrogen) atoms. The van der Waals surface area contributed by atoms with Gasteiger partial charge in [-0.05, 0) is 77.9 Å². The largest absolute Gasteiger partial charge is 0.508 e. The van der Waals surface area contributed by atoms with Gasteiger partial charge in [0.25, 0.3) is 0 Å². The highest BCUT2D eigenvalue weighted by atomic mass is 16.7. The van der Waals surface area contributed by atoms with Crippen molar-refractivity contribution < 1.29 is 48.3 Å². The fraction of sp³-hybridized carbons (Fsp3) is 0.643. The van der Waals surface area contributed by atoms with E-state index >= 15 is 0 Å². The third kappa shape index (κ3) is 8.43. The summed E-state index contributed by atoms with van der Waals surface area (Å²) >= 11 is 0. The number of Topliss-reactive ketones (excluding diaryl/α,β-unsaturated/α-hetero) is 1. The zero-order chi connectivity index (χ0) is 40.6. The summed E-state index contributed by atoms with van der Waals surface area (Å²) in [5, 5.41) is 25.4. The van der Waals surface area contributed by atoms with Crippen molar-refractivity contribution in [2.24, 2.45) is 17.8 Å². The van der Waals surface area contributed by atoms with E-state index in [9.17, 15) is 24.6 Å². The molecule has 13 nitrogen and oxygen atoms in total. The lowest BCUT2D eigenvalue weighted by Gasteiger charge is -2.46. The number of hydrogen-bond acceptors (Lipinski definition) is 12. The number of phenolic OH excluding ortho intramolecular Hbond substituents is 1. The molecule has 5 rings (SSSR count). The molecule has 2 fully saturated rings. The molecule has 0 aliphatic carbocycles. The van der Waals surface area contributed by atoms with Gasteiger partial charge in [0.05, 0.1) is 17.8 Å². The summed E-state index contributed by atoms with van der Waals surface area (Å²) in [6, 6.07) is 9.89. The number of aliphatic hydroxyl groups is 1. The van der Waals surface area contributed by atoms with Crippen LogP contribution in [0.5, 0.6) is 5.75 Å². The number of amides is 1. The highest BCUT2D eigenvalue weighted by Crippen LogP contribution is 2.42. The first kappa shape index (κ1) is 42.6. The fourth-order valence-corrected chi connectivity index (χ4v) is 9.11. The predicted molar refractivity (Wildman–Crippen MR) is 207 cm³/mol. The molecule has 0 bridgehead atoms. The number of nitrogens with zero attached hydrogens (tertiary/aromatic N) is 2. The number of hydrogen-bond donors (Lipinski definition) is 3. The second-order valence-corrected chi connectivity index (χ2v) is 16.4. The Bertz CT molecular complexity index is 1750. The highest BCUT2D eigenvalue weighted by molar-refractivity contribution is 5.89. The lowest BCUT2D eigenvalue weighted by atomic mass is 9.74. The summed E-state index contributed by atoms with van der Waals surface area (Å²) in [6.45, 7) is 14.5. The van der Waals surface area contributed by atoms with Crippen molar-refractivity contribution in [3.05, 3.63) is 53.6 Å². The van der Waals surface area contributed by atoms with Crippen molar-refractivity contribution in [1.29, 1.82) is 0 Å². The smallest absolute Gasteiger partial charge is 0.425 e. The van der Waals surface area contributed by atoms with Crippen LogP contribution in [0.4, 0.5) is 4.79 Å². The number of fused-ring (bicyclic) bond motifs is 2. The van der Waals surface area contributed by atoms with Crippen LogP contribution in [-0.2, 0) is 39.8 Å². The molecule has 3 aliphatic rings. The monoisotopic (exact) mass is 767 g/mol. The molecule has 2 aromatic carbocycles. The fourth-order valence-electron chi connectivity index (χ4n) is 9.11. The quantitative estimate of drug-likeness (QED) is 0.291. The minimum absolute atomic E-state index is 0.0464. The van der Waals surface area contributed by atoms with Crippen LogP contribution in [-0.4, -0.2) is 113 Å². The van der Waals surface area contributed by atoms with Crippen LogP contribution in [0.25, 0.3) is 10.8 Å². The molecule has 0 spiro atoms. The summed E-state index contributed by atoms with van der Waals surface area (Å²) in [5.74, 6) is -2.62. The lowest BCUT2D eigenvalue weighted by molar-refractivity contribution is -0.294. The van der Waals surface area contributed by atoms with Crippen molar-refractivity contribution in [2.45, 2.75) is 135 Å². The first-order valence-electron chi connectivity index (χ1n) is 19.5. The van der Waals surface area contributed by atoms with Gasteiger partial charge in [-0.3, -0.25) is 4.79 Å². The summed E-state index contributed by atoms with van der Waals surface area (Å²) in [4.78, 5) is 44.5. The number of rotatable bonds is 8. The van der Waals surface area contributed by atoms with Gasteiger partial charge < -0.3 is 38.8 Å². The van der Waals surface area contributed by atoms with Crippen LogP contribution in [0.3, 0.4) is 0 Å². The number of aromatic hydroxyl groups is 1. The molecule has 1 amide bonds. The number of hydrazine groups is 1. The standard InChI is InChI=1S/C42H61N3O10/c1-12-33-42(8)36(45(40(50)55-42)43-22-30-29-16-14-13-15-28(29)17-18-32(30)46)27(6)34(47)25(4)21-41(7,51-11)37(23(2)19-24(3)38(49)53-33)54-39-35(48)31(44(9)10)20-26(5)52-39/h13-19,23,25-27,31,33,35-37,39,43,46,48H,12,20-22H2,1-11H3/b24-19+/t23-,25+,26+,27-,31-,33+,35+,36+,37+,39-,41-,42+/m0/s1. The summed E-state index contributed by atoms with van der Waals surface area (Å²) < 4.78 is 31.4. The number of carbonyl (C=O) groups excluding carboxylic acids is 3. The van der Waals surface area contributed by atoms with Crippen LogP contribution in [0.2, 0.25) is 0 Å². The van der Waals surface area contributed by atoms with Crippen LogP contribution in [0, 0.1) is 17.8 Å². The Labute approximate surface area is 325 Å². The Kier molecular flexibility index (Phi) is 13.1. The molecule has 0 saturated carbocycles. The van der Waals surface area contributed by atoms with Crippen molar-refractivity contribution >= 4 is 28.6 Å². The zero-order valence-electron chi connectivity index (χ0n) is 34.2. The number of ketones is 1. The second-order valence-electron chi connectivity index (χ2n) is 16.4. The Morgan fingerprint density at radius 1 is 1.05 bits per heavy atom. The number of methoxy groups -OCH3 is 1. The van der Waals surface area contributed by atoms with E-state index in [-0.39, 0.29) is 36.6 Å². The van der Waals surface area contributed by atoms with Gasteiger partial charge in [0.2, 0.25) is 0 Å². The molecule has 2 aromatic rings. The molecular formula is C42H61N3O10. The van der Waals surface area contributed by atoms with Gasteiger partial charge in [-0.15, -0.1) is 0 Å². The summed E-state index contributed by atoms with van der Waals surface area (Å²) in [5.41, 5.74) is 1.51. The molecule has 3 aliphatic heterocycles.